The van der Waals surface area contributed by atoms with Crippen LogP contribution in [-0.2, 0) is 11.3 Å². The SMILES string of the molecule is CCCCOCCCNC(=NC)NCc1cc(Cl)c2c(c1)OCCCO2. The summed E-state index contributed by atoms with van der Waals surface area (Å²) in [4.78, 5) is 4.24. The number of nitrogens with one attached hydrogen (secondary N) is 2. The molecule has 7 heteroatoms. The van der Waals surface area contributed by atoms with Gasteiger partial charge >= 0.3 is 0 Å². The van der Waals surface area contributed by atoms with Gasteiger partial charge in [0.05, 0.1) is 18.2 Å². The molecule has 0 unspecified atom stereocenters. The highest BCUT2D eigenvalue weighted by atomic mass is 35.5. The average Bonchev–Trinajstić information content (AvgIpc) is 2.89. The lowest BCUT2D eigenvalue weighted by Crippen LogP contribution is -2.37. The summed E-state index contributed by atoms with van der Waals surface area (Å²) in [6, 6.07) is 3.87. The topological polar surface area (TPSA) is 64.1 Å². The molecule has 0 radical (unpaired) electrons. The van der Waals surface area contributed by atoms with Crippen LogP contribution >= 0.6 is 11.6 Å². The third kappa shape index (κ3) is 6.92. The molecular formula is C19H30ClN3O3. The molecule has 1 aliphatic heterocycles. The van der Waals surface area contributed by atoms with Gasteiger partial charge in [0, 0.05) is 39.8 Å². The van der Waals surface area contributed by atoms with Crippen LogP contribution in [0, 0.1) is 0 Å². The number of guanidine groups is 1. The maximum Gasteiger partial charge on any atom is 0.191 e. The molecule has 0 saturated carbocycles. The van der Waals surface area contributed by atoms with E-state index in [1.807, 2.05) is 12.1 Å². The van der Waals surface area contributed by atoms with Crippen LogP contribution in [0.5, 0.6) is 11.5 Å². The molecule has 2 rings (SSSR count). The number of unbranched alkanes of at least 4 members (excludes halogenated alkanes) is 1. The molecule has 0 aromatic heterocycles. The van der Waals surface area contributed by atoms with Crippen molar-refractivity contribution in [2.24, 2.45) is 4.99 Å². The first kappa shape index (κ1) is 20.6. The lowest BCUT2D eigenvalue weighted by Gasteiger charge is -2.14. The van der Waals surface area contributed by atoms with Crippen molar-refractivity contribution in [3.63, 3.8) is 0 Å². The monoisotopic (exact) mass is 383 g/mol. The number of nitrogens with zero attached hydrogens (tertiary/aromatic N) is 1. The first-order valence-electron chi connectivity index (χ1n) is 9.35. The number of ether oxygens (including phenoxy) is 3. The van der Waals surface area contributed by atoms with Gasteiger partial charge in [-0.05, 0) is 30.5 Å². The maximum absolute atomic E-state index is 6.33. The number of benzene rings is 1. The molecule has 0 bridgehead atoms. The summed E-state index contributed by atoms with van der Waals surface area (Å²) in [5.41, 5.74) is 1.02. The van der Waals surface area contributed by atoms with Gasteiger partial charge in [-0.3, -0.25) is 4.99 Å². The van der Waals surface area contributed by atoms with Crippen molar-refractivity contribution in [3.8, 4) is 11.5 Å². The van der Waals surface area contributed by atoms with Crippen LogP contribution < -0.4 is 20.1 Å². The fraction of sp³-hybridized carbons (Fsp3) is 0.632. The number of hydrogen-bond donors (Lipinski definition) is 2. The predicted octanol–water partition coefficient (Wildman–Crippen LogP) is 3.37. The van der Waals surface area contributed by atoms with E-state index in [1.54, 1.807) is 7.05 Å². The molecule has 1 aliphatic rings. The molecule has 1 heterocycles. The third-order valence-electron chi connectivity index (χ3n) is 3.95. The van der Waals surface area contributed by atoms with Gasteiger partial charge in [-0.1, -0.05) is 24.9 Å². The highest BCUT2D eigenvalue weighted by molar-refractivity contribution is 6.32. The molecular weight excluding hydrogens is 354 g/mol. The second kappa shape index (κ2) is 11.9. The number of rotatable bonds is 9. The van der Waals surface area contributed by atoms with Crippen LogP contribution in [0.3, 0.4) is 0 Å². The van der Waals surface area contributed by atoms with Gasteiger partial charge in [-0.15, -0.1) is 0 Å². The van der Waals surface area contributed by atoms with Crippen molar-refractivity contribution in [3.05, 3.63) is 22.7 Å². The van der Waals surface area contributed by atoms with Crippen molar-refractivity contribution < 1.29 is 14.2 Å². The van der Waals surface area contributed by atoms with E-state index in [2.05, 4.69) is 22.5 Å². The molecule has 0 amide bonds. The molecule has 0 fully saturated rings. The fourth-order valence-electron chi connectivity index (χ4n) is 2.52. The van der Waals surface area contributed by atoms with E-state index >= 15 is 0 Å². The van der Waals surface area contributed by atoms with Crippen molar-refractivity contribution in [2.45, 2.75) is 39.2 Å². The van der Waals surface area contributed by atoms with Gasteiger partial charge in [0.15, 0.2) is 17.5 Å². The molecule has 0 atom stereocenters. The van der Waals surface area contributed by atoms with Gasteiger partial charge in [0.2, 0.25) is 0 Å². The lowest BCUT2D eigenvalue weighted by atomic mass is 10.2. The number of aliphatic imine (C=N–C) groups is 1. The average molecular weight is 384 g/mol. The van der Waals surface area contributed by atoms with Crippen LogP contribution in [0.4, 0.5) is 0 Å². The number of hydrogen-bond acceptors (Lipinski definition) is 4. The second-order valence-corrected chi connectivity index (χ2v) is 6.53. The smallest absolute Gasteiger partial charge is 0.191 e. The van der Waals surface area contributed by atoms with Crippen LogP contribution in [0.25, 0.3) is 0 Å². The summed E-state index contributed by atoms with van der Waals surface area (Å²) in [5.74, 6) is 2.10. The zero-order chi connectivity index (χ0) is 18.6. The van der Waals surface area contributed by atoms with Crippen molar-refractivity contribution in [2.75, 3.05) is 40.0 Å². The Labute approximate surface area is 161 Å². The van der Waals surface area contributed by atoms with Crippen LogP contribution in [0.15, 0.2) is 17.1 Å². The van der Waals surface area contributed by atoms with E-state index < -0.39 is 0 Å². The van der Waals surface area contributed by atoms with E-state index in [0.717, 1.165) is 50.5 Å². The van der Waals surface area contributed by atoms with Gasteiger partial charge in [0.1, 0.15) is 0 Å². The largest absolute Gasteiger partial charge is 0.489 e. The van der Waals surface area contributed by atoms with E-state index in [-0.39, 0.29) is 0 Å². The van der Waals surface area contributed by atoms with Crippen molar-refractivity contribution in [1.29, 1.82) is 0 Å². The second-order valence-electron chi connectivity index (χ2n) is 6.13. The van der Waals surface area contributed by atoms with Gasteiger partial charge in [0.25, 0.3) is 0 Å². The summed E-state index contributed by atoms with van der Waals surface area (Å²) in [6.07, 6.45) is 4.09. The van der Waals surface area contributed by atoms with E-state index in [9.17, 15) is 0 Å². The quantitative estimate of drug-likeness (QED) is 0.389. The van der Waals surface area contributed by atoms with E-state index in [1.165, 1.54) is 6.42 Å². The molecule has 1 aromatic carbocycles. The van der Waals surface area contributed by atoms with Crippen LogP contribution in [0.2, 0.25) is 5.02 Å². The molecule has 0 saturated heterocycles. The van der Waals surface area contributed by atoms with Gasteiger partial charge in [-0.2, -0.15) is 0 Å². The maximum atomic E-state index is 6.33. The molecule has 0 aliphatic carbocycles. The van der Waals surface area contributed by atoms with Crippen molar-refractivity contribution >= 4 is 17.6 Å². The first-order chi connectivity index (χ1) is 12.7. The Kier molecular flexibility index (Phi) is 9.42. The normalized spacial score (nSPS) is 14.0. The minimum Gasteiger partial charge on any atom is -0.489 e. The Morgan fingerprint density at radius 3 is 2.81 bits per heavy atom. The zero-order valence-corrected chi connectivity index (χ0v) is 16.5. The Bertz CT molecular complexity index is 581. The molecule has 146 valence electrons. The summed E-state index contributed by atoms with van der Waals surface area (Å²) < 4.78 is 16.9. The molecule has 6 nitrogen and oxygen atoms in total. The summed E-state index contributed by atoms with van der Waals surface area (Å²) in [5, 5.41) is 7.15. The molecule has 1 aromatic rings. The Balaban J connectivity index is 1.76. The van der Waals surface area contributed by atoms with Crippen molar-refractivity contribution in [1.82, 2.24) is 10.6 Å². The predicted molar refractivity (Wildman–Crippen MR) is 106 cm³/mol. The Hall–Kier alpha value is -1.66. The molecule has 0 spiro atoms. The van der Waals surface area contributed by atoms with Gasteiger partial charge < -0.3 is 24.8 Å². The van der Waals surface area contributed by atoms with E-state index in [4.69, 9.17) is 25.8 Å². The minimum absolute atomic E-state index is 0.577. The zero-order valence-electron chi connectivity index (χ0n) is 15.8. The number of fused-ring (bicyclic) bond motifs is 1. The first-order valence-corrected chi connectivity index (χ1v) is 9.72. The highest BCUT2D eigenvalue weighted by Crippen LogP contribution is 2.37. The summed E-state index contributed by atoms with van der Waals surface area (Å²) in [7, 11) is 1.76. The lowest BCUT2D eigenvalue weighted by molar-refractivity contribution is 0.129. The fourth-order valence-corrected chi connectivity index (χ4v) is 2.81. The highest BCUT2D eigenvalue weighted by Gasteiger charge is 2.15. The Morgan fingerprint density at radius 1 is 1.19 bits per heavy atom. The van der Waals surface area contributed by atoms with E-state index in [0.29, 0.717) is 36.3 Å². The standard InChI is InChI=1S/C19H30ClN3O3/c1-3-4-8-24-9-5-7-22-19(21-2)23-14-15-12-16(20)18-17(13-15)25-10-6-11-26-18/h12-13H,3-11,14H2,1-2H3,(H2,21,22,23). The molecule has 2 N–H and O–H groups in total. The van der Waals surface area contributed by atoms with Gasteiger partial charge in [-0.25, -0.2) is 0 Å². The summed E-state index contributed by atoms with van der Waals surface area (Å²) in [6.45, 7) is 6.46. The van der Waals surface area contributed by atoms with Crippen LogP contribution in [0.1, 0.15) is 38.2 Å². The third-order valence-corrected chi connectivity index (χ3v) is 4.23. The molecule has 26 heavy (non-hydrogen) atoms. The minimum atomic E-state index is 0.577. The summed E-state index contributed by atoms with van der Waals surface area (Å²) >= 11 is 6.33. The Morgan fingerprint density at radius 2 is 2.00 bits per heavy atom. The number of halogens is 1. The van der Waals surface area contributed by atoms with Crippen LogP contribution in [-0.4, -0.2) is 46.0 Å².